The molecule has 4 nitrogen and oxygen atoms in total. The smallest absolute Gasteiger partial charge is 0.219 e. The summed E-state index contributed by atoms with van der Waals surface area (Å²) in [4.78, 5) is 11.4. The van der Waals surface area contributed by atoms with Crippen LogP contribution in [0.3, 0.4) is 0 Å². The van der Waals surface area contributed by atoms with Crippen LogP contribution in [0.1, 0.15) is 46.0 Å². The summed E-state index contributed by atoms with van der Waals surface area (Å²) in [7, 11) is 0. The fraction of sp³-hybridized carbons (Fsp3) is 0.917. The highest BCUT2D eigenvalue weighted by molar-refractivity contribution is 5.75. The van der Waals surface area contributed by atoms with E-state index in [0.717, 1.165) is 32.5 Å². The van der Waals surface area contributed by atoms with Crippen molar-refractivity contribution >= 4 is 5.91 Å². The Balaban J connectivity index is 2.11. The van der Waals surface area contributed by atoms with Gasteiger partial charge in [-0.05, 0) is 19.8 Å². The monoisotopic (exact) mass is 229 g/mol. The summed E-state index contributed by atoms with van der Waals surface area (Å²) in [6, 6.07) is 0. The van der Waals surface area contributed by atoms with Gasteiger partial charge in [-0.3, -0.25) is 4.79 Å². The second-order valence-corrected chi connectivity index (χ2v) is 4.39. The second-order valence-electron chi connectivity index (χ2n) is 4.39. The average molecular weight is 229 g/mol. The Morgan fingerprint density at radius 2 is 2.06 bits per heavy atom. The molecule has 1 amide bonds. The predicted molar refractivity (Wildman–Crippen MR) is 62.1 cm³/mol. The molecule has 0 saturated carbocycles. The first-order valence-corrected chi connectivity index (χ1v) is 6.21. The Hall–Kier alpha value is -0.610. The Morgan fingerprint density at radius 3 is 2.69 bits per heavy atom. The van der Waals surface area contributed by atoms with E-state index in [0.29, 0.717) is 19.4 Å². The highest BCUT2D eigenvalue weighted by Crippen LogP contribution is 2.21. The molecular weight excluding hydrogens is 206 g/mol. The normalized spacial score (nSPS) is 19.4. The van der Waals surface area contributed by atoms with Crippen LogP contribution in [-0.2, 0) is 14.3 Å². The minimum atomic E-state index is -0.504. The quantitative estimate of drug-likeness (QED) is 0.756. The highest BCUT2D eigenvalue weighted by atomic mass is 16.7. The standard InChI is InChI=1S/C12H23NO3/c1-3-4-6-11(14)13-8-7-12(2)15-9-5-10-16-12/h3-10H2,1-2H3,(H,13,14). The van der Waals surface area contributed by atoms with Gasteiger partial charge in [0, 0.05) is 19.4 Å². The molecule has 0 aromatic heterocycles. The van der Waals surface area contributed by atoms with Gasteiger partial charge in [-0.15, -0.1) is 0 Å². The van der Waals surface area contributed by atoms with Crippen LogP contribution in [0.5, 0.6) is 0 Å². The number of nitrogens with one attached hydrogen (secondary N) is 1. The number of ether oxygens (including phenoxy) is 2. The van der Waals surface area contributed by atoms with Gasteiger partial charge in [-0.2, -0.15) is 0 Å². The van der Waals surface area contributed by atoms with Crippen LogP contribution in [0, 0.1) is 0 Å². The number of carbonyl (C=O) groups is 1. The molecule has 0 spiro atoms. The molecule has 1 heterocycles. The molecule has 1 rings (SSSR count). The van der Waals surface area contributed by atoms with E-state index in [2.05, 4.69) is 12.2 Å². The number of rotatable bonds is 6. The van der Waals surface area contributed by atoms with E-state index in [1.54, 1.807) is 0 Å². The Bertz CT molecular complexity index is 212. The van der Waals surface area contributed by atoms with Gasteiger partial charge < -0.3 is 14.8 Å². The summed E-state index contributed by atoms with van der Waals surface area (Å²) in [6.45, 7) is 6.14. The molecule has 0 radical (unpaired) electrons. The van der Waals surface area contributed by atoms with Crippen molar-refractivity contribution in [2.75, 3.05) is 19.8 Å². The summed E-state index contributed by atoms with van der Waals surface area (Å²) in [5.41, 5.74) is 0. The fourth-order valence-corrected chi connectivity index (χ4v) is 1.68. The van der Waals surface area contributed by atoms with Gasteiger partial charge in [0.2, 0.25) is 5.91 Å². The number of amides is 1. The number of hydrogen-bond acceptors (Lipinski definition) is 3. The molecular formula is C12H23NO3. The van der Waals surface area contributed by atoms with Gasteiger partial charge in [-0.1, -0.05) is 13.3 Å². The first kappa shape index (κ1) is 13.5. The zero-order valence-corrected chi connectivity index (χ0v) is 10.4. The van der Waals surface area contributed by atoms with Gasteiger partial charge in [0.05, 0.1) is 13.2 Å². The zero-order valence-electron chi connectivity index (χ0n) is 10.4. The van der Waals surface area contributed by atoms with Gasteiger partial charge >= 0.3 is 0 Å². The van der Waals surface area contributed by atoms with Crippen molar-refractivity contribution in [3.05, 3.63) is 0 Å². The highest BCUT2D eigenvalue weighted by Gasteiger charge is 2.28. The van der Waals surface area contributed by atoms with Crippen LogP contribution in [0.4, 0.5) is 0 Å². The molecule has 0 aromatic rings. The molecule has 0 aromatic carbocycles. The Kier molecular flexibility index (Phi) is 5.77. The number of unbranched alkanes of at least 4 members (excludes halogenated alkanes) is 1. The second kappa shape index (κ2) is 6.86. The van der Waals surface area contributed by atoms with E-state index in [4.69, 9.17) is 9.47 Å². The van der Waals surface area contributed by atoms with E-state index in [1.807, 2.05) is 6.92 Å². The maximum Gasteiger partial charge on any atom is 0.219 e. The maximum absolute atomic E-state index is 11.4. The number of hydrogen-bond donors (Lipinski definition) is 1. The molecule has 1 N–H and O–H groups in total. The first-order valence-electron chi connectivity index (χ1n) is 6.21. The minimum Gasteiger partial charge on any atom is -0.356 e. The lowest BCUT2D eigenvalue weighted by molar-refractivity contribution is -0.257. The van der Waals surface area contributed by atoms with E-state index in [-0.39, 0.29) is 5.91 Å². The summed E-state index contributed by atoms with van der Waals surface area (Å²) >= 11 is 0. The lowest BCUT2D eigenvalue weighted by atomic mass is 10.2. The van der Waals surface area contributed by atoms with Crippen molar-refractivity contribution in [2.45, 2.75) is 51.7 Å². The van der Waals surface area contributed by atoms with Crippen molar-refractivity contribution in [1.29, 1.82) is 0 Å². The van der Waals surface area contributed by atoms with Gasteiger partial charge in [0.15, 0.2) is 5.79 Å². The molecule has 16 heavy (non-hydrogen) atoms. The molecule has 0 unspecified atom stereocenters. The van der Waals surface area contributed by atoms with Gasteiger partial charge in [-0.25, -0.2) is 0 Å². The fourth-order valence-electron chi connectivity index (χ4n) is 1.68. The van der Waals surface area contributed by atoms with Crippen molar-refractivity contribution < 1.29 is 14.3 Å². The third kappa shape index (κ3) is 4.94. The summed E-state index contributed by atoms with van der Waals surface area (Å²) in [5.74, 6) is -0.378. The van der Waals surface area contributed by atoms with Crippen LogP contribution >= 0.6 is 0 Å². The van der Waals surface area contributed by atoms with E-state index in [9.17, 15) is 4.79 Å². The van der Waals surface area contributed by atoms with Crippen LogP contribution in [0.2, 0.25) is 0 Å². The molecule has 94 valence electrons. The van der Waals surface area contributed by atoms with Crippen molar-refractivity contribution in [3.63, 3.8) is 0 Å². The van der Waals surface area contributed by atoms with Crippen LogP contribution < -0.4 is 5.32 Å². The molecule has 0 aliphatic carbocycles. The first-order chi connectivity index (χ1) is 7.66. The summed E-state index contributed by atoms with van der Waals surface area (Å²) in [5, 5.41) is 2.89. The zero-order chi connectivity index (χ0) is 11.9. The van der Waals surface area contributed by atoms with Gasteiger partial charge in [0.25, 0.3) is 0 Å². The average Bonchev–Trinajstić information content (AvgIpc) is 2.27. The van der Waals surface area contributed by atoms with E-state index >= 15 is 0 Å². The Morgan fingerprint density at radius 1 is 1.38 bits per heavy atom. The minimum absolute atomic E-state index is 0.126. The largest absolute Gasteiger partial charge is 0.356 e. The molecule has 1 aliphatic heterocycles. The van der Waals surface area contributed by atoms with Crippen LogP contribution in [0.15, 0.2) is 0 Å². The predicted octanol–water partition coefficient (Wildman–Crippen LogP) is 1.84. The molecule has 0 atom stereocenters. The topological polar surface area (TPSA) is 47.6 Å². The van der Waals surface area contributed by atoms with Crippen LogP contribution in [-0.4, -0.2) is 31.5 Å². The van der Waals surface area contributed by atoms with Crippen molar-refractivity contribution in [2.24, 2.45) is 0 Å². The lowest BCUT2D eigenvalue weighted by Gasteiger charge is -2.33. The van der Waals surface area contributed by atoms with E-state index < -0.39 is 5.79 Å². The van der Waals surface area contributed by atoms with E-state index in [1.165, 1.54) is 0 Å². The molecule has 1 fully saturated rings. The SMILES string of the molecule is CCCCC(=O)NCCC1(C)OCCCO1. The van der Waals surface area contributed by atoms with Crippen molar-refractivity contribution in [3.8, 4) is 0 Å². The van der Waals surface area contributed by atoms with Crippen LogP contribution in [0.25, 0.3) is 0 Å². The molecule has 0 bridgehead atoms. The molecule has 1 aliphatic rings. The third-order valence-electron chi connectivity index (χ3n) is 2.76. The maximum atomic E-state index is 11.4. The number of carbonyl (C=O) groups excluding carboxylic acids is 1. The Labute approximate surface area is 97.7 Å². The third-order valence-corrected chi connectivity index (χ3v) is 2.76. The van der Waals surface area contributed by atoms with Gasteiger partial charge in [0.1, 0.15) is 0 Å². The summed E-state index contributed by atoms with van der Waals surface area (Å²) in [6.07, 6.45) is 4.30. The lowest BCUT2D eigenvalue weighted by Crippen LogP contribution is -2.40. The summed E-state index contributed by atoms with van der Waals surface area (Å²) < 4.78 is 11.1. The molecule has 1 saturated heterocycles. The molecule has 4 heteroatoms. The van der Waals surface area contributed by atoms with Crippen molar-refractivity contribution in [1.82, 2.24) is 5.32 Å².